The first kappa shape index (κ1) is 16.9. The average molecular weight is 365 g/mol. The smallest absolute Gasteiger partial charge is 0.414 e. The van der Waals surface area contributed by atoms with Gasteiger partial charge in [-0.25, -0.2) is 14.6 Å². The van der Waals surface area contributed by atoms with Crippen molar-refractivity contribution in [2.75, 3.05) is 23.4 Å². The highest BCUT2D eigenvalue weighted by molar-refractivity contribution is 5.93. The maximum Gasteiger partial charge on any atom is 0.414 e. The van der Waals surface area contributed by atoms with Crippen LogP contribution in [0.4, 0.5) is 21.0 Å². The van der Waals surface area contributed by atoms with Crippen molar-refractivity contribution in [3.8, 4) is 0 Å². The minimum Gasteiger partial charge on any atom is -0.447 e. The number of carbonyl (C=O) groups is 2. The monoisotopic (exact) mass is 365 g/mol. The number of carbonyl (C=O) groups excluding carboxylic acids is 2. The Morgan fingerprint density at radius 3 is 2.96 bits per heavy atom. The lowest BCUT2D eigenvalue weighted by atomic mass is 10.1. The minimum atomic E-state index is -0.367. The van der Waals surface area contributed by atoms with E-state index in [2.05, 4.69) is 15.6 Å². The van der Waals surface area contributed by atoms with Gasteiger partial charge >= 0.3 is 12.1 Å². The largest absolute Gasteiger partial charge is 0.447 e. The number of ether oxygens (including phenoxy) is 1. The Hall–Kier alpha value is -3.55. The predicted octanol–water partition coefficient (Wildman–Crippen LogP) is 2.92. The van der Waals surface area contributed by atoms with E-state index in [1.165, 1.54) is 0 Å². The van der Waals surface area contributed by atoms with E-state index in [-0.39, 0.29) is 12.1 Å². The van der Waals surface area contributed by atoms with Gasteiger partial charge in [0.1, 0.15) is 12.3 Å². The van der Waals surface area contributed by atoms with Gasteiger partial charge in [-0.15, -0.1) is 0 Å². The zero-order chi connectivity index (χ0) is 18.8. The van der Waals surface area contributed by atoms with E-state index in [1.807, 2.05) is 41.9 Å². The van der Waals surface area contributed by atoms with Gasteiger partial charge in [0, 0.05) is 30.8 Å². The Bertz CT molecular complexity index is 1010. The second-order valence-corrected chi connectivity index (χ2v) is 6.30. The van der Waals surface area contributed by atoms with Crippen LogP contribution < -0.4 is 15.5 Å². The maximum absolute atomic E-state index is 12.2. The van der Waals surface area contributed by atoms with Gasteiger partial charge in [-0.05, 0) is 42.3 Å². The second-order valence-electron chi connectivity index (χ2n) is 6.30. The molecule has 1 saturated heterocycles. The van der Waals surface area contributed by atoms with Crippen molar-refractivity contribution >= 4 is 29.1 Å². The Morgan fingerprint density at radius 1 is 1.26 bits per heavy atom. The summed E-state index contributed by atoms with van der Waals surface area (Å²) in [7, 11) is 0. The van der Waals surface area contributed by atoms with Crippen molar-refractivity contribution in [1.82, 2.24) is 14.7 Å². The molecule has 1 aliphatic rings. The number of fused-ring (bicyclic) bond motifs is 1. The van der Waals surface area contributed by atoms with Crippen LogP contribution in [0.3, 0.4) is 0 Å². The number of imidazole rings is 1. The summed E-state index contributed by atoms with van der Waals surface area (Å²) < 4.78 is 6.89. The molecule has 8 heteroatoms. The van der Waals surface area contributed by atoms with Gasteiger partial charge in [0.15, 0.2) is 0 Å². The first-order chi connectivity index (χ1) is 13.1. The van der Waals surface area contributed by atoms with Crippen LogP contribution in [0.2, 0.25) is 0 Å². The molecule has 0 spiro atoms. The molecule has 1 aromatic carbocycles. The predicted molar refractivity (Wildman–Crippen MR) is 101 cm³/mol. The van der Waals surface area contributed by atoms with Crippen molar-refractivity contribution < 1.29 is 14.3 Å². The first-order valence-corrected chi connectivity index (χ1v) is 8.61. The van der Waals surface area contributed by atoms with E-state index in [4.69, 9.17) is 4.74 Å². The normalized spacial score (nSPS) is 13.7. The number of urea groups is 1. The van der Waals surface area contributed by atoms with Gasteiger partial charge in [-0.2, -0.15) is 0 Å². The fourth-order valence-corrected chi connectivity index (χ4v) is 3.01. The molecule has 0 saturated carbocycles. The molecule has 1 aliphatic heterocycles. The van der Waals surface area contributed by atoms with Gasteiger partial charge in [-0.3, -0.25) is 4.90 Å². The minimum absolute atomic E-state index is 0.322. The van der Waals surface area contributed by atoms with Crippen LogP contribution in [0.5, 0.6) is 0 Å². The Morgan fingerprint density at radius 2 is 2.15 bits per heavy atom. The van der Waals surface area contributed by atoms with Crippen molar-refractivity contribution in [3.63, 3.8) is 0 Å². The van der Waals surface area contributed by atoms with Gasteiger partial charge in [0.25, 0.3) is 0 Å². The number of nitrogens with zero attached hydrogens (tertiary/aromatic N) is 3. The van der Waals surface area contributed by atoms with Gasteiger partial charge < -0.3 is 19.8 Å². The highest BCUT2D eigenvalue weighted by Gasteiger charge is 2.25. The highest BCUT2D eigenvalue weighted by atomic mass is 16.6. The molecule has 3 aromatic rings. The number of hydrogen-bond acceptors (Lipinski definition) is 4. The Balaban J connectivity index is 1.41. The fourth-order valence-electron chi connectivity index (χ4n) is 3.01. The van der Waals surface area contributed by atoms with Crippen LogP contribution >= 0.6 is 0 Å². The quantitative estimate of drug-likeness (QED) is 0.744. The molecule has 0 aliphatic carbocycles. The topological polar surface area (TPSA) is 88.0 Å². The van der Waals surface area contributed by atoms with Crippen LogP contribution in [0, 0.1) is 6.92 Å². The maximum atomic E-state index is 12.2. The van der Waals surface area contributed by atoms with E-state index in [1.54, 1.807) is 23.2 Å². The number of pyridine rings is 1. The third-order valence-corrected chi connectivity index (χ3v) is 4.43. The number of aromatic nitrogens is 2. The van der Waals surface area contributed by atoms with E-state index in [9.17, 15) is 9.59 Å². The van der Waals surface area contributed by atoms with Gasteiger partial charge in [0.05, 0.1) is 12.2 Å². The number of rotatable bonds is 4. The van der Waals surface area contributed by atoms with Crippen molar-refractivity contribution in [3.05, 3.63) is 60.0 Å². The lowest BCUT2D eigenvalue weighted by Gasteiger charge is -2.17. The third-order valence-electron chi connectivity index (χ3n) is 4.43. The summed E-state index contributed by atoms with van der Waals surface area (Å²) in [5.74, 6) is 0. The van der Waals surface area contributed by atoms with Crippen LogP contribution in [0.1, 0.15) is 11.1 Å². The van der Waals surface area contributed by atoms with Gasteiger partial charge in [-0.1, -0.05) is 6.07 Å². The summed E-state index contributed by atoms with van der Waals surface area (Å²) in [5.41, 5.74) is 4.06. The summed E-state index contributed by atoms with van der Waals surface area (Å²) in [6, 6.07) is 8.97. The first-order valence-electron chi connectivity index (χ1n) is 8.61. The number of hydrogen-bond donors (Lipinski definition) is 2. The number of aryl methyl sites for hydroxylation is 1. The summed E-state index contributed by atoms with van der Waals surface area (Å²) in [6.07, 6.45) is 5.13. The van der Waals surface area contributed by atoms with Crippen LogP contribution in [0.15, 0.2) is 48.9 Å². The van der Waals surface area contributed by atoms with E-state index in [0.717, 1.165) is 22.5 Å². The van der Waals surface area contributed by atoms with E-state index >= 15 is 0 Å². The molecular weight excluding hydrogens is 346 g/mol. The number of cyclic esters (lactones) is 1. The second kappa shape index (κ2) is 6.99. The van der Waals surface area contributed by atoms with E-state index < -0.39 is 0 Å². The summed E-state index contributed by atoms with van der Waals surface area (Å²) in [4.78, 5) is 29.8. The average Bonchev–Trinajstić information content (AvgIpc) is 3.30. The van der Waals surface area contributed by atoms with Crippen molar-refractivity contribution in [2.24, 2.45) is 0 Å². The number of nitrogens with one attached hydrogen (secondary N) is 2. The van der Waals surface area contributed by atoms with Crippen LogP contribution in [-0.2, 0) is 11.3 Å². The Kier molecular flexibility index (Phi) is 4.37. The standard InChI is InChI=1S/C19H19N5O3/c1-13-2-3-15(11-16(13)24-8-9-27-19(24)26)22-18(25)21-12-14-4-6-23-7-5-20-17(23)10-14/h2-7,10-11H,8-9,12H2,1H3,(H2,21,22,25). The lowest BCUT2D eigenvalue weighted by Crippen LogP contribution is -2.28. The van der Waals surface area contributed by atoms with Crippen LogP contribution in [0.25, 0.3) is 5.65 Å². The molecule has 3 amide bonds. The molecule has 8 nitrogen and oxygen atoms in total. The van der Waals surface area contributed by atoms with Crippen LogP contribution in [-0.4, -0.2) is 34.7 Å². The molecule has 27 heavy (non-hydrogen) atoms. The highest BCUT2D eigenvalue weighted by Crippen LogP contribution is 2.26. The molecule has 1 fully saturated rings. The Labute approximate surface area is 155 Å². The molecule has 0 atom stereocenters. The zero-order valence-corrected chi connectivity index (χ0v) is 14.8. The number of amides is 3. The number of benzene rings is 1. The molecule has 4 rings (SSSR count). The SMILES string of the molecule is Cc1ccc(NC(=O)NCc2ccn3ccnc3c2)cc1N1CCOC1=O. The van der Waals surface area contributed by atoms with Crippen molar-refractivity contribution in [2.45, 2.75) is 13.5 Å². The third kappa shape index (κ3) is 3.55. The molecular formula is C19H19N5O3. The molecule has 2 aromatic heterocycles. The van der Waals surface area contributed by atoms with Crippen molar-refractivity contribution in [1.29, 1.82) is 0 Å². The molecule has 3 heterocycles. The molecule has 0 unspecified atom stereocenters. The molecule has 138 valence electrons. The van der Waals surface area contributed by atoms with Gasteiger partial charge in [0.2, 0.25) is 0 Å². The molecule has 0 bridgehead atoms. The fraction of sp³-hybridized carbons (Fsp3) is 0.211. The van der Waals surface area contributed by atoms with E-state index in [0.29, 0.717) is 25.4 Å². The molecule has 0 radical (unpaired) electrons. The summed E-state index contributed by atoms with van der Waals surface area (Å²) in [5, 5.41) is 5.62. The summed E-state index contributed by atoms with van der Waals surface area (Å²) >= 11 is 0. The number of anilines is 2. The molecule has 2 N–H and O–H groups in total. The summed E-state index contributed by atoms with van der Waals surface area (Å²) in [6.45, 7) is 3.17. The lowest BCUT2D eigenvalue weighted by molar-refractivity contribution is 0.181. The zero-order valence-electron chi connectivity index (χ0n) is 14.8.